The summed E-state index contributed by atoms with van der Waals surface area (Å²) in [6.07, 6.45) is 0.536. The molecule has 34 heavy (non-hydrogen) atoms. The zero-order chi connectivity index (χ0) is 25.0. The van der Waals surface area contributed by atoms with Crippen LogP contribution in [0.25, 0.3) is 0 Å². The second-order valence-corrected chi connectivity index (χ2v) is 9.37. The molecular weight excluding hydrogens is 462 g/mol. The summed E-state index contributed by atoms with van der Waals surface area (Å²) in [5.41, 5.74) is 0.864. The number of nitrogens with one attached hydrogen (secondary N) is 3. The maximum absolute atomic E-state index is 14.3. The largest absolute Gasteiger partial charge is 0.325 e. The van der Waals surface area contributed by atoms with Crippen LogP contribution in [-0.2, 0) is 16.0 Å². The molecule has 0 fully saturated rings. The third-order valence-corrected chi connectivity index (χ3v) is 6.38. The molecule has 0 spiro atoms. The Morgan fingerprint density at radius 3 is 2.44 bits per heavy atom. The number of halogens is 3. The maximum atomic E-state index is 14.3. The van der Waals surface area contributed by atoms with Gasteiger partial charge in [-0.15, -0.1) is 0 Å². The van der Waals surface area contributed by atoms with Crippen molar-refractivity contribution in [2.75, 3.05) is 25.5 Å². The van der Waals surface area contributed by atoms with Gasteiger partial charge in [0.1, 0.15) is 23.4 Å². The number of nitrogens with zero attached hydrogens (tertiary/aromatic N) is 1. The summed E-state index contributed by atoms with van der Waals surface area (Å²) in [6.45, 7) is 6.69. The molecule has 1 unspecified atom stereocenters. The smallest absolute Gasteiger partial charge is 0.251 e. The van der Waals surface area contributed by atoms with Gasteiger partial charge in [0.2, 0.25) is 5.91 Å². The molecule has 0 aromatic heterocycles. The molecule has 1 aliphatic heterocycles. The number of hydrogen-bond acceptors (Lipinski definition) is 4. The van der Waals surface area contributed by atoms with Gasteiger partial charge >= 0.3 is 0 Å². The maximum Gasteiger partial charge on any atom is 0.251 e. The number of anilines is 1. The Morgan fingerprint density at radius 2 is 1.82 bits per heavy atom. The fourth-order valence-corrected chi connectivity index (χ4v) is 4.29. The number of likely N-dealkylation sites (N-methyl/N-ethyl adjacent to an activating group) is 1. The first-order valence-corrected chi connectivity index (χ1v) is 11.8. The topological polar surface area (TPSA) is 73.5 Å². The molecule has 3 N–H and O–H groups in total. The van der Waals surface area contributed by atoms with Crippen LogP contribution in [0.5, 0.6) is 0 Å². The molecule has 0 aliphatic carbocycles. The average Bonchev–Trinajstić information content (AvgIpc) is 2.80. The number of carbonyl (C=O) groups excluding carboxylic acids is 2. The van der Waals surface area contributed by atoms with E-state index in [4.69, 9.17) is 11.6 Å². The molecule has 1 heterocycles. The highest BCUT2D eigenvalue weighted by Gasteiger charge is 2.39. The SMILES string of the molecule is CN[C@@H](C)CN[C@H](C(=O)N1CCc2ccc(Cl)cc2C1C(=O)Nc1c(F)cccc1F)C(C)C. The Kier molecular flexibility index (Phi) is 8.62. The third kappa shape index (κ3) is 5.74. The van der Waals surface area contributed by atoms with E-state index in [9.17, 15) is 18.4 Å². The molecule has 0 radical (unpaired) electrons. The summed E-state index contributed by atoms with van der Waals surface area (Å²) in [7, 11) is 1.84. The lowest BCUT2D eigenvalue weighted by atomic mass is 9.90. The van der Waals surface area contributed by atoms with Crippen LogP contribution in [0.1, 0.15) is 37.9 Å². The van der Waals surface area contributed by atoms with Crippen LogP contribution in [0.3, 0.4) is 0 Å². The Bertz CT molecular complexity index is 1030. The van der Waals surface area contributed by atoms with E-state index in [1.165, 1.54) is 11.0 Å². The summed E-state index contributed by atoms with van der Waals surface area (Å²) < 4.78 is 28.5. The van der Waals surface area contributed by atoms with Crippen LogP contribution in [0.15, 0.2) is 36.4 Å². The molecular formula is C25H31ClF2N4O2. The van der Waals surface area contributed by atoms with Crippen molar-refractivity contribution >= 4 is 29.1 Å². The van der Waals surface area contributed by atoms with E-state index in [0.29, 0.717) is 23.6 Å². The standard InChI is InChI=1S/C25H31ClF2N4O2/c1-14(2)21(30-13-15(3)29-4)25(34)32-11-10-16-8-9-17(26)12-18(16)23(32)24(33)31-22-19(27)6-5-7-20(22)28/h5-9,12,14-15,21,23,29-30H,10-11,13H2,1-4H3,(H,31,33)/t15-,21-,23?/m0/s1. The highest BCUT2D eigenvalue weighted by Crippen LogP contribution is 2.34. The first kappa shape index (κ1) is 26.1. The fraction of sp³-hybridized carbons (Fsp3) is 0.440. The lowest BCUT2D eigenvalue weighted by Gasteiger charge is -2.39. The van der Waals surface area contributed by atoms with E-state index in [2.05, 4.69) is 16.0 Å². The van der Waals surface area contributed by atoms with Gasteiger partial charge in [-0.3, -0.25) is 9.59 Å². The fourth-order valence-electron chi connectivity index (χ4n) is 4.11. The van der Waals surface area contributed by atoms with Gasteiger partial charge in [-0.2, -0.15) is 0 Å². The van der Waals surface area contributed by atoms with E-state index in [0.717, 1.165) is 17.7 Å². The molecule has 2 aromatic carbocycles. The molecule has 0 saturated heterocycles. The van der Waals surface area contributed by atoms with Gasteiger partial charge in [-0.25, -0.2) is 8.78 Å². The molecule has 2 amide bonds. The number of fused-ring (bicyclic) bond motifs is 1. The first-order valence-electron chi connectivity index (χ1n) is 11.4. The first-order chi connectivity index (χ1) is 16.1. The second kappa shape index (κ2) is 11.3. The highest BCUT2D eigenvalue weighted by molar-refractivity contribution is 6.30. The zero-order valence-corrected chi connectivity index (χ0v) is 20.5. The summed E-state index contributed by atoms with van der Waals surface area (Å²) >= 11 is 6.22. The number of rotatable bonds is 8. The second-order valence-electron chi connectivity index (χ2n) is 8.93. The van der Waals surface area contributed by atoms with Crippen molar-refractivity contribution in [3.63, 3.8) is 0 Å². The predicted octanol–water partition coefficient (Wildman–Crippen LogP) is 3.90. The molecule has 2 aromatic rings. The monoisotopic (exact) mass is 492 g/mol. The molecule has 184 valence electrons. The number of benzene rings is 2. The third-order valence-electron chi connectivity index (χ3n) is 6.15. The highest BCUT2D eigenvalue weighted by atomic mass is 35.5. The summed E-state index contributed by atoms with van der Waals surface area (Å²) in [5.74, 6) is -2.79. The van der Waals surface area contributed by atoms with E-state index >= 15 is 0 Å². The summed E-state index contributed by atoms with van der Waals surface area (Å²) in [5, 5.41) is 9.19. The lowest BCUT2D eigenvalue weighted by molar-refractivity contribution is -0.142. The lowest BCUT2D eigenvalue weighted by Crippen LogP contribution is -2.55. The van der Waals surface area contributed by atoms with E-state index in [1.54, 1.807) is 12.1 Å². The number of para-hydroxylation sites is 1. The van der Waals surface area contributed by atoms with Gasteiger partial charge in [-0.05, 0) is 61.7 Å². The Labute approximate surface area is 204 Å². The van der Waals surface area contributed by atoms with Crippen LogP contribution in [0, 0.1) is 17.6 Å². The van der Waals surface area contributed by atoms with Crippen molar-refractivity contribution in [2.45, 2.75) is 45.3 Å². The molecule has 3 atom stereocenters. The molecule has 0 saturated carbocycles. The van der Waals surface area contributed by atoms with Gasteiger partial charge in [-0.1, -0.05) is 37.6 Å². The van der Waals surface area contributed by atoms with Crippen LogP contribution in [0.4, 0.5) is 14.5 Å². The number of carbonyl (C=O) groups is 2. The van der Waals surface area contributed by atoms with Gasteiger partial charge < -0.3 is 20.9 Å². The van der Waals surface area contributed by atoms with Crippen molar-refractivity contribution in [1.82, 2.24) is 15.5 Å². The number of amides is 2. The van der Waals surface area contributed by atoms with Crippen molar-refractivity contribution in [2.24, 2.45) is 5.92 Å². The quantitative estimate of drug-likeness (QED) is 0.522. The van der Waals surface area contributed by atoms with Crippen molar-refractivity contribution in [1.29, 1.82) is 0 Å². The predicted molar refractivity (Wildman–Crippen MR) is 130 cm³/mol. The van der Waals surface area contributed by atoms with Crippen molar-refractivity contribution in [3.05, 3.63) is 64.2 Å². The van der Waals surface area contributed by atoms with E-state index in [-0.39, 0.29) is 24.4 Å². The summed E-state index contributed by atoms with van der Waals surface area (Å²) in [4.78, 5) is 28.7. The Hall–Kier alpha value is -2.55. The van der Waals surface area contributed by atoms with E-state index in [1.807, 2.05) is 33.9 Å². The Balaban J connectivity index is 1.98. The molecule has 1 aliphatic rings. The van der Waals surface area contributed by atoms with Crippen molar-refractivity contribution < 1.29 is 18.4 Å². The van der Waals surface area contributed by atoms with Crippen LogP contribution < -0.4 is 16.0 Å². The molecule has 9 heteroatoms. The molecule has 6 nitrogen and oxygen atoms in total. The summed E-state index contributed by atoms with van der Waals surface area (Å²) in [6, 6.07) is 7.03. The minimum atomic E-state index is -1.08. The van der Waals surface area contributed by atoms with Crippen LogP contribution >= 0.6 is 11.6 Å². The van der Waals surface area contributed by atoms with Gasteiger partial charge in [0.15, 0.2) is 0 Å². The number of hydrogen-bond donors (Lipinski definition) is 3. The molecule has 3 rings (SSSR count). The average molecular weight is 493 g/mol. The van der Waals surface area contributed by atoms with E-state index < -0.39 is 35.3 Å². The Morgan fingerprint density at radius 1 is 1.15 bits per heavy atom. The zero-order valence-electron chi connectivity index (χ0n) is 19.8. The van der Waals surface area contributed by atoms with Crippen molar-refractivity contribution in [3.8, 4) is 0 Å². The minimum absolute atomic E-state index is 0.0509. The van der Waals surface area contributed by atoms with Crippen LogP contribution in [0.2, 0.25) is 5.02 Å². The van der Waals surface area contributed by atoms with Gasteiger partial charge in [0.05, 0.1) is 6.04 Å². The molecule has 0 bridgehead atoms. The van der Waals surface area contributed by atoms with Gasteiger partial charge in [0.25, 0.3) is 5.91 Å². The minimum Gasteiger partial charge on any atom is -0.325 e. The van der Waals surface area contributed by atoms with Crippen LogP contribution in [-0.4, -0.2) is 48.9 Å². The normalized spacial score (nSPS) is 17.3. The van der Waals surface area contributed by atoms with Gasteiger partial charge in [0, 0.05) is 24.2 Å².